The number of hydrogen-bond donors (Lipinski definition) is 2. The third kappa shape index (κ3) is 3.27. The highest BCUT2D eigenvalue weighted by Crippen LogP contribution is 2.42. The number of nitrogens with one attached hydrogen (secondary N) is 2. The fourth-order valence-electron chi connectivity index (χ4n) is 3.98. The average molecular weight is 376 g/mol. The van der Waals surface area contributed by atoms with Crippen molar-refractivity contribution < 1.29 is 23.8 Å². The Morgan fingerprint density at radius 3 is 3.04 bits per heavy atom. The number of aromatic amines is 1. The summed E-state index contributed by atoms with van der Waals surface area (Å²) in [4.78, 5) is 27.5. The molecule has 2 atom stereocenters. The molecule has 3 aliphatic rings. The molecule has 0 aromatic carbocycles. The molecule has 4 rings (SSSR count). The molecule has 0 aliphatic carbocycles. The van der Waals surface area contributed by atoms with Crippen LogP contribution < -0.4 is 5.32 Å². The maximum atomic E-state index is 13.0. The van der Waals surface area contributed by atoms with E-state index in [4.69, 9.17) is 14.2 Å². The Morgan fingerprint density at radius 1 is 1.41 bits per heavy atom. The predicted octanol–water partition coefficient (Wildman–Crippen LogP) is -0.178. The minimum absolute atomic E-state index is 0.0148. The normalized spacial score (nSPS) is 27.1. The summed E-state index contributed by atoms with van der Waals surface area (Å²) < 4.78 is 16.5. The Morgan fingerprint density at radius 2 is 2.26 bits per heavy atom. The first kappa shape index (κ1) is 17.8. The van der Waals surface area contributed by atoms with Crippen molar-refractivity contribution in [2.45, 2.75) is 13.3 Å². The quantitative estimate of drug-likeness (QED) is 0.739. The van der Waals surface area contributed by atoms with Gasteiger partial charge in [0.1, 0.15) is 19.0 Å². The van der Waals surface area contributed by atoms with Gasteiger partial charge in [-0.25, -0.2) is 0 Å². The van der Waals surface area contributed by atoms with Gasteiger partial charge in [0.05, 0.1) is 18.6 Å². The van der Waals surface area contributed by atoms with Crippen LogP contribution in [0.3, 0.4) is 0 Å². The standard InChI is InChI=1S/C18H24N4O5/c1-12-15(27-7-6-26-12)16(23)22-8-13-9-25-11-18(13,10-22)17(24)19-4-2-14-3-5-20-21-14/h3,5,13H,2,4,6-11H2,1H3,(H,19,24)(H,20,21)/t13-,18-/m0/s1. The second-order valence-electron chi connectivity index (χ2n) is 7.22. The van der Waals surface area contributed by atoms with Gasteiger partial charge in [0.15, 0.2) is 0 Å². The van der Waals surface area contributed by atoms with E-state index in [1.54, 1.807) is 18.0 Å². The molecule has 0 unspecified atom stereocenters. The van der Waals surface area contributed by atoms with E-state index in [1.807, 2.05) is 6.07 Å². The van der Waals surface area contributed by atoms with Crippen LogP contribution in [0.5, 0.6) is 0 Å². The molecule has 4 heterocycles. The van der Waals surface area contributed by atoms with Crippen molar-refractivity contribution in [2.75, 3.05) is 46.1 Å². The molecular formula is C18H24N4O5. The van der Waals surface area contributed by atoms with Gasteiger partial charge in [0.2, 0.25) is 11.7 Å². The Balaban J connectivity index is 1.42. The molecule has 0 bridgehead atoms. The maximum Gasteiger partial charge on any atom is 0.292 e. The minimum atomic E-state index is -0.701. The molecule has 1 aromatic rings. The first-order valence-electron chi connectivity index (χ1n) is 9.20. The highest BCUT2D eigenvalue weighted by atomic mass is 16.6. The van der Waals surface area contributed by atoms with Crippen LogP contribution in [0.2, 0.25) is 0 Å². The van der Waals surface area contributed by atoms with Gasteiger partial charge in [-0.2, -0.15) is 5.10 Å². The molecule has 0 saturated carbocycles. The number of ether oxygens (including phenoxy) is 3. The summed E-state index contributed by atoms with van der Waals surface area (Å²) >= 11 is 0. The van der Waals surface area contributed by atoms with Crippen molar-refractivity contribution in [3.05, 3.63) is 29.5 Å². The van der Waals surface area contributed by atoms with Crippen molar-refractivity contribution in [1.82, 2.24) is 20.4 Å². The summed E-state index contributed by atoms with van der Waals surface area (Å²) in [6.07, 6.45) is 2.36. The molecule has 9 nitrogen and oxygen atoms in total. The minimum Gasteiger partial charge on any atom is -0.491 e. The van der Waals surface area contributed by atoms with Crippen molar-refractivity contribution in [2.24, 2.45) is 11.3 Å². The number of allylic oxidation sites excluding steroid dienone is 1. The summed E-state index contributed by atoms with van der Waals surface area (Å²) in [7, 11) is 0. The SMILES string of the molecule is CC1=C(C(=O)N2C[C@H]3COC[C@@]3(C(=O)NCCc3ccn[nH]3)C2)OCCO1. The van der Waals surface area contributed by atoms with Crippen LogP contribution in [-0.2, 0) is 30.2 Å². The molecule has 27 heavy (non-hydrogen) atoms. The fraction of sp³-hybridized carbons (Fsp3) is 0.611. The van der Waals surface area contributed by atoms with Gasteiger partial charge in [0, 0.05) is 43.9 Å². The van der Waals surface area contributed by atoms with Gasteiger partial charge >= 0.3 is 0 Å². The lowest BCUT2D eigenvalue weighted by atomic mass is 9.80. The highest BCUT2D eigenvalue weighted by Gasteiger charge is 2.57. The van der Waals surface area contributed by atoms with Crippen LogP contribution in [0.15, 0.2) is 23.8 Å². The number of amides is 2. The third-order valence-corrected chi connectivity index (χ3v) is 5.51. The largest absolute Gasteiger partial charge is 0.491 e. The highest BCUT2D eigenvalue weighted by molar-refractivity contribution is 5.94. The van der Waals surface area contributed by atoms with E-state index in [9.17, 15) is 9.59 Å². The average Bonchev–Trinajstić information content (AvgIpc) is 3.37. The lowest BCUT2D eigenvalue weighted by Gasteiger charge is -2.27. The Hall–Kier alpha value is -2.55. The van der Waals surface area contributed by atoms with Gasteiger partial charge < -0.3 is 24.4 Å². The smallest absolute Gasteiger partial charge is 0.292 e. The molecule has 146 valence electrons. The number of likely N-dealkylation sites (tertiary alicyclic amines) is 1. The van der Waals surface area contributed by atoms with Crippen LogP contribution >= 0.6 is 0 Å². The van der Waals surface area contributed by atoms with E-state index < -0.39 is 5.41 Å². The molecular weight excluding hydrogens is 352 g/mol. The van der Waals surface area contributed by atoms with Crippen molar-refractivity contribution in [1.29, 1.82) is 0 Å². The number of H-pyrrole nitrogens is 1. The monoisotopic (exact) mass is 376 g/mol. The predicted molar refractivity (Wildman–Crippen MR) is 93.2 cm³/mol. The van der Waals surface area contributed by atoms with Crippen LogP contribution in [0.1, 0.15) is 12.6 Å². The van der Waals surface area contributed by atoms with E-state index in [0.717, 1.165) is 5.69 Å². The Labute approximate surface area is 157 Å². The number of aromatic nitrogens is 2. The van der Waals surface area contributed by atoms with Crippen LogP contribution in [0.25, 0.3) is 0 Å². The molecule has 0 radical (unpaired) electrons. The molecule has 2 fully saturated rings. The van der Waals surface area contributed by atoms with Gasteiger partial charge in [0.25, 0.3) is 5.91 Å². The van der Waals surface area contributed by atoms with E-state index in [2.05, 4.69) is 15.5 Å². The summed E-state index contributed by atoms with van der Waals surface area (Å²) in [5, 5.41) is 9.78. The second kappa shape index (κ2) is 7.22. The van der Waals surface area contributed by atoms with E-state index in [-0.39, 0.29) is 23.5 Å². The summed E-state index contributed by atoms with van der Waals surface area (Å²) in [5.41, 5.74) is 0.264. The fourth-order valence-corrected chi connectivity index (χ4v) is 3.98. The summed E-state index contributed by atoms with van der Waals surface area (Å²) in [6, 6.07) is 1.88. The zero-order chi connectivity index (χ0) is 18.9. The number of carbonyl (C=O) groups is 2. The number of nitrogens with zero attached hydrogens (tertiary/aromatic N) is 2. The molecule has 2 saturated heterocycles. The number of rotatable bonds is 5. The topological polar surface area (TPSA) is 106 Å². The Bertz CT molecular complexity index is 747. The maximum absolute atomic E-state index is 13.0. The van der Waals surface area contributed by atoms with Gasteiger partial charge in [-0.15, -0.1) is 0 Å². The molecule has 9 heteroatoms. The van der Waals surface area contributed by atoms with Crippen LogP contribution in [0.4, 0.5) is 0 Å². The summed E-state index contributed by atoms with van der Waals surface area (Å²) in [5.74, 6) is 0.450. The van der Waals surface area contributed by atoms with E-state index in [1.165, 1.54) is 0 Å². The molecule has 3 aliphatic heterocycles. The van der Waals surface area contributed by atoms with Crippen LogP contribution in [-0.4, -0.2) is 73.0 Å². The number of carbonyl (C=O) groups excluding carboxylic acids is 2. The van der Waals surface area contributed by atoms with Gasteiger partial charge in [-0.3, -0.25) is 14.7 Å². The number of hydrogen-bond acceptors (Lipinski definition) is 6. The van der Waals surface area contributed by atoms with E-state index >= 15 is 0 Å². The molecule has 2 N–H and O–H groups in total. The molecule has 1 aromatic heterocycles. The molecule has 2 amide bonds. The lowest BCUT2D eigenvalue weighted by molar-refractivity contribution is -0.135. The van der Waals surface area contributed by atoms with Crippen molar-refractivity contribution >= 4 is 11.8 Å². The van der Waals surface area contributed by atoms with Gasteiger partial charge in [-0.05, 0) is 13.0 Å². The first-order chi connectivity index (χ1) is 13.1. The lowest BCUT2D eigenvalue weighted by Crippen LogP contribution is -2.47. The van der Waals surface area contributed by atoms with Crippen LogP contribution in [0, 0.1) is 11.3 Å². The Kier molecular flexibility index (Phi) is 4.77. The van der Waals surface area contributed by atoms with E-state index in [0.29, 0.717) is 58.2 Å². The zero-order valence-electron chi connectivity index (χ0n) is 15.3. The summed E-state index contributed by atoms with van der Waals surface area (Å²) in [6.45, 7) is 4.65. The van der Waals surface area contributed by atoms with Gasteiger partial charge in [-0.1, -0.05) is 0 Å². The zero-order valence-corrected chi connectivity index (χ0v) is 15.3. The van der Waals surface area contributed by atoms with Crippen molar-refractivity contribution in [3.63, 3.8) is 0 Å². The first-order valence-corrected chi connectivity index (χ1v) is 9.20. The second-order valence-corrected chi connectivity index (χ2v) is 7.22. The molecule has 0 spiro atoms. The third-order valence-electron chi connectivity index (χ3n) is 5.51. The number of fused-ring (bicyclic) bond motifs is 1. The van der Waals surface area contributed by atoms with Crippen molar-refractivity contribution in [3.8, 4) is 0 Å².